The molecule has 1 heterocycles. The summed E-state index contributed by atoms with van der Waals surface area (Å²) in [7, 11) is 1.28. The van der Waals surface area contributed by atoms with E-state index >= 15 is 0 Å². The Bertz CT molecular complexity index is 510. The lowest BCUT2D eigenvalue weighted by atomic mass is 10.3. The van der Waals surface area contributed by atoms with Gasteiger partial charge in [0.25, 0.3) is 11.5 Å². The lowest BCUT2D eigenvalue weighted by Crippen LogP contribution is -2.30. The molecular weight excluding hydrogens is 250 g/mol. The number of hydrogen-bond acceptors (Lipinski definition) is 5. The maximum Gasteiger partial charge on any atom is 0.307 e. The summed E-state index contributed by atoms with van der Waals surface area (Å²) in [6.45, 7) is 2.54. The Kier molecular flexibility index (Phi) is 5.72. The average Bonchev–Trinajstić information content (AvgIpc) is 2.41. The van der Waals surface area contributed by atoms with Crippen LogP contribution in [0.4, 0.5) is 0 Å². The first-order valence-electron chi connectivity index (χ1n) is 6.01. The first-order valence-corrected chi connectivity index (χ1v) is 6.01. The molecule has 104 valence electrons. The number of esters is 1. The molecule has 1 aromatic rings. The Hall–Kier alpha value is -2.18. The number of aromatic nitrogens is 2. The van der Waals surface area contributed by atoms with Crippen LogP contribution in [0, 0.1) is 0 Å². The third-order valence-electron chi connectivity index (χ3n) is 2.38. The monoisotopic (exact) mass is 267 g/mol. The molecule has 0 aliphatic heterocycles. The molecule has 0 atom stereocenters. The molecule has 0 saturated heterocycles. The van der Waals surface area contributed by atoms with Crippen LogP contribution in [0.3, 0.4) is 0 Å². The molecule has 0 aliphatic rings. The van der Waals surface area contributed by atoms with E-state index < -0.39 is 11.9 Å². The van der Waals surface area contributed by atoms with Crippen LogP contribution in [0.2, 0.25) is 0 Å². The first kappa shape index (κ1) is 14.9. The summed E-state index contributed by atoms with van der Waals surface area (Å²) in [6, 6.07) is 2.67. The molecule has 0 unspecified atom stereocenters. The first-order chi connectivity index (χ1) is 9.08. The van der Waals surface area contributed by atoms with Crippen LogP contribution in [0.5, 0.6) is 0 Å². The fourth-order valence-corrected chi connectivity index (χ4v) is 1.41. The number of aryl methyl sites for hydroxylation is 1. The number of hydrogen-bond donors (Lipinski definition) is 1. The van der Waals surface area contributed by atoms with Crippen LogP contribution in [0.1, 0.15) is 30.3 Å². The average molecular weight is 267 g/mol. The minimum atomic E-state index is -0.422. The third kappa shape index (κ3) is 4.53. The number of methoxy groups -OCH3 is 1. The van der Waals surface area contributed by atoms with Gasteiger partial charge in [0, 0.05) is 19.2 Å². The topological polar surface area (TPSA) is 90.3 Å². The second-order valence-electron chi connectivity index (χ2n) is 3.86. The lowest BCUT2D eigenvalue weighted by Gasteiger charge is -2.06. The third-order valence-corrected chi connectivity index (χ3v) is 2.38. The Morgan fingerprint density at radius 2 is 2.16 bits per heavy atom. The van der Waals surface area contributed by atoms with Gasteiger partial charge in [-0.25, -0.2) is 4.68 Å². The zero-order valence-electron chi connectivity index (χ0n) is 11.0. The number of nitrogens with zero attached hydrogens (tertiary/aromatic N) is 2. The van der Waals surface area contributed by atoms with Gasteiger partial charge in [0.1, 0.15) is 5.69 Å². The SMILES string of the molecule is CCCn1nc(C(=O)NCCC(=O)OC)ccc1=O. The Morgan fingerprint density at radius 1 is 1.42 bits per heavy atom. The van der Waals surface area contributed by atoms with Crippen LogP contribution < -0.4 is 10.9 Å². The van der Waals surface area contributed by atoms with Crippen LogP contribution >= 0.6 is 0 Å². The van der Waals surface area contributed by atoms with E-state index in [1.54, 1.807) is 0 Å². The Morgan fingerprint density at radius 3 is 2.79 bits per heavy atom. The van der Waals surface area contributed by atoms with Crippen molar-refractivity contribution in [2.45, 2.75) is 26.3 Å². The molecule has 0 aromatic carbocycles. The molecule has 19 heavy (non-hydrogen) atoms. The normalized spacial score (nSPS) is 10.0. The molecule has 0 aliphatic carbocycles. The predicted octanol–water partition coefficient (Wildman–Crippen LogP) is -0.0538. The van der Waals surface area contributed by atoms with Crippen molar-refractivity contribution in [2.24, 2.45) is 0 Å². The van der Waals surface area contributed by atoms with Gasteiger partial charge < -0.3 is 10.1 Å². The standard InChI is InChI=1S/C12H17N3O4/c1-3-8-15-10(16)5-4-9(14-15)12(18)13-7-6-11(17)19-2/h4-5H,3,6-8H2,1-2H3,(H,13,18). The highest BCUT2D eigenvalue weighted by Crippen LogP contribution is 1.92. The summed E-state index contributed by atoms with van der Waals surface area (Å²) in [5, 5.41) is 6.49. The fourth-order valence-electron chi connectivity index (χ4n) is 1.41. The van der Waals surface area contributed by atoms with Gasteiger partial charge in [0.05, 0.1) is 13.5 Å². The molecule has 0 radical (unpaired) electrons. The number of nitrogens with one attached hydrogen (secondary N) is 1. The molecule has 7 nitrogen and oxygen atoms in total. The molecule has 1 N–H and O–H groups in total. The molecular formula is C12H17N3O4. The molecule has 0 saturated carbocycles. The summed E-state index contributed by atoms with van der Waals surface area (Å²) in [5.74, 6) is -0.821. The van der Waals surface area contributed by atoms with E-state index in [0.717, 1.165) is 6.42 Å². The van der Waals surface area contributed by atoms with Crippen LogP contribution in [-0.4, -0.2) is 35.3 Å². The second-order valence-corrected chi connectivity index (χ2v) is 3.86. The van der Waals surface area contributed by atoms with E-state index in [1.165, 1.54) is 23.9 Å². The van der Waals surface area contributed by atoms with Crippen LogP contribution in [0.15, 0.2) is 16.9 Å². The van der Waals surface area contributed by atoms with Crippen molar-refractivity contribution in [3.05, 3.63) is 28.2 Å². The second kappa shape index (κ2) is 7.30. The van der Waals surface area contributed by atoms with Gasteiger partial charge in [0.15, 0.2) is 0 Å². The van der Waals surface area contributed by atoms with Gasteiger partial charge in [0.2, 0.25) is 0 Å². The molecule has 1 rings (SSSR count). The maximum absolute atomic E-state index is 11.7. The number of rotatable bonds is 6. The highest BCUT2D eigenvalue weighted by Gasteiger charge is 2.09. The number of ether oxygens (including phenoxy) is 1. The quantitative estimate of drug-likeness (QED) is 0.729. The summed E-state index contributed by atoms with van der Waals surface area (Å²) in [4.78, 5) is 34.1. The molecule has 7 heteroatoms. The predicted molar refractivity (Wildman–Crippen MR) is 67.8 cm³/mol. The zero-order chi connectivity index (χ0) is 14.3. The van der Waals surface area contributed by atoms with E-state index in [4.69, 9.17) is 0 Å². The van der Waals surface area contributed by atoms with Crippen LogP contribution in [-0.2, 0) is 16.1 Å². The van der Waals surface area contributed by atoms with Crippen molar-refractivity contribution in [1.29, 1.82) is 0 Å². The number of carbonyl (C=O) groups is 2. The van der Waals surface area contributed by atoms with E-state index in [-0.39, 0.29) is 24.2 Å². The van der Waals surface area contributed by atoms with Crippen molar-refractivity contribution in [3.63, 3.8) is 0 Å². The number of amides is 1. The highest BCUT2D eigenvalue weighted by molar-refractivity contribution is 5.92. The maximum atomic E-state index is 11.7. The van der Waals surface area contributed by atoms with Crippen molar-refractivity contribution in [2.75, 3.05) is 13.7 Å². The molecule has 1 aromatic heterocycles. The fraction of sp³-hybridized carbons (Fsp3) is 0.500. The van der Waals surface area contributed by atoms with Crippen molar-refractivity contribution < 1.29 is 14.3 Å². The van der Waals surface area contributed by atoms with Gasteiger partial charge >= 0.3 is 5.97 Å². The smallest absolute Gasteiger partial charge is 0.307 e. The van der Waals surface area contributed by atoms with Crippen molar-refractivity contribution in [3.8, 4) is 0 Å². The summed E-state index contributed by atoms with van der Waals surface area (Å²) in [6.07, 6.45) is 0.844. The highest BCUT2D eigenvalue weighted by atomic mass is 16.5. The molecule has 1 amide bonds. The largest absolute Gasteiger partial charge is 0.469 e. The van der Waals surface area contributed by atoms with Gasteiger partial charge in [-0.15, -0.1) is 0 Å². The molecule has 0 bridgehead atoms. The van der Waals surface area contributed by atoms with Gasteiger partial charge in [-0.1, -0.05) is 6.92 Å². The summed E-state index contributed by atoms with van der Waals surface area (Å²) < 4.78 is 5.70. The molecule has 0 fully saturated rings. The minimum absolute atomic E-state index is 0.0941. The van der Waals surface area contributed by atoms with Gasteiger partial charge in [-0.2, -0.15) is 5.10 Å². The summed E-state index contributed by atoms with van der Waals surface area (Å²) >= 11 is 0. The van der Waals surface area contributed by atoms with E-state index in [1.807, 2.05) is 6.92 Å². The summed E-state index contributed by atoms with van der Waals surface area (Å²) in [5.41, 5.74) is -0.0918. The minimum Gasteiger partial charge on any atom is -0.469 e. The van der Waals surface area contributed by atoms with Gasteiger partial charge in [-0.05, 0) is 12.5 Å². The van der Waals surface area contributed by atoms with Crippen molar-refractivity contribution in [1.82, 2.24) is 15.1 Å². The molecule has 0 spiro atoms. The Labute approximate surface area is 110 Å². The van der Waals surface area contributed by atoms with Crippen LogP contribution in [0.25, 0.3) is 0 Å². The Balaban J connectivity index is 2.64. The number of carbonyl (C=O) groups excluding carboxylic acids is 2. The lowest BCUT2D eigenvalue weighted by molar-refractivity contribution is -0.140. The zero-order valence-corrected chi connectivity index (χ0v) is 11.0. The van der Waals surface area contributed by atoms with E-state index in [0.29, 0.717) is 6.54 Å². The van der Waals surface area contributed by atoms with Crippen molar-refractivity contribution >= 4 is 11.9 Å². The van der Waals surface area contributed by atoms with E-state index in [9.17, 15) is 14.4 Å². The van der Waals surface area contributed by atoms with E-state index in [2.05, 4.69) is 15.2 Å². The van der Waals surface area contributed by atoms with Gasteiger partial charge in [-0.3, -0.25) is 14.4 Å².